The van der Waals surface area contributed by atoms with Crippen LogP contribution in [0.15, 0.2) is 18.3 Å². The first kappa shape index (κ1) is 11.3. The van der Waals surface area contributed by atoms with Crippen LogP contribution in [0.1, 0.15) is 6.92 Å². The maximum absolute atomic E-state index is 5.72. The highest BCUT2D eigenvalue weighted by Gasteiger charge is 1.95. The first-order chi connectivity index (χ1) is 6.72. The van der Waals surface area contributed by atoms with Gasteiger partial charge in [0, 0.05) is 19.3 Å². The number of hydrogen-bond acceptors (Lipinski definition) is 3. The first-order valence-corrected chi connectivity index (χ1v) is 5.14. The molecule has 1 aromatic rings. The summed E-state index contributed by atoms with van der Waals surface area (Å²) in [6.07, 6.45) is 1.65. The van der Waals surface area contributed by atoms with Gasteiger partial charge in [-0.15, -0.1) is 0 Å². The van der Waals surface area contributed by atoms with Gasteiger partial charge in [-0.2, -0.15) is 0 Å². The molecule has 0 aliphatic rings. The van der Waals surface area contributed by atoms with Crippen LogP contribution in [0.3, 0.4) is 0 Å². The van der Waals surface area contributed by atoms with Gasteiger partial charge in [-0.3, -0.25) is 0 Å². The molecule has 78 valence electrons. The van der Waals surface area contributed by atoms with Crippen molar-refractivity contribution in [2.24, 2.45) is 0 Å². The van der Waals surface area contributed by atoms with Crippen molar-refractivity contribution in [3.8, 4) is 0 Å². The van der Waals surface area contributed by atoms with Gasteiger partial charge in [-0.1, -0.05) is 18.5 Å². The Morgan fingerprint density at radius 1 is 1.50 bits per heavy atom. The zero-order chi connectivity index (χ0) is 10.4. The largest absolute Gasteiger partial charge is 0.369 e. The third-order valence-corrected chi connectivity index (χ3v) is 2.29. The predicted octanol–water partition coefficient (Wildman–Crippen LogP) is 2.10. The monoisotopic (exact) mass is 213 g/mol. The van der Waals surface area contributed by atoms with Crippen LogP contribution in [-0.4, -0.2) is 36.6 Å². The number of aromatic nitrogens is 1. The van der Waals surface area contributed by atoms with Crippen molar-refractivity contribution in [1.82, 2.24) is 9.88 Å². The smallest absolute Gasteiger partial charge is 0.126 e. The fourth-order valence-corrected chi connectivity index (χ4v) is 1.13. The molecule has 14 heavy (non-hydrogen) atoms. The van der Waals surface area contributed by atoms with E-state index >= 15 is 0 Å². The van der Waals surface area contributed by atoms with Crippen LogP contribution in [0.5, 0.6) is 0 Å². The minimum absolute atomic E-state index is 0.668. The summed E-state index contributed by atoms with van der Waals surface area (Å²) in [5.41, 5.74) is 0. The molecule has 0 spiro atoms. The van der Waals surface area contributed by atoms with E-state index in [4.69, 9.17) is 11.6 Å². The lowest BCUT2D eigenvalue weighted by atomic mass is 10.4. The molecule has 4 heteroatoms. The fourth-order valence-electron chi connectivity index (χ4n) is 1.01. The summed E-state index contributed by atoms with van der Waals surface area (Å²) in [7, 11) is 2.09. The SMILES string of the molecule is CCN(C)CCNc1ccc(Cl)cn1. The molecule has 0 atom stereocenters. The van der Waals surface area contributed by atoms with Crippen molar-refractivity contribution < 1.29 is 0 Å². The third kappa shape index (κ3) is 3.94. The van der Waals surface area contributed by atoms with E-state index in [0.717, 1.165) is 25.5 Å². The summed E-state index contributed by atoms with van der Waals surface area (Å²) in [5, 5.41) is 3.89. The molecule has 0 unspecified atom stereocenters. The molecule has 0 aromatic carbocycles. The molecule has 3 nitrogen and oxygen atoms in total. The molecule has 1 heterocycles. The number of anilines is 1. The fraction of sp³-hybridized carbons (Fsp3) is 0.500. The second-order valence-corrected chi connectivity index (χ2v) is 3.62. The number of nitrogens with zero attached hydrogens (tertiary/aromatic N) is 2. The Morgan fingerprint density at radius 3 is 2.86 bits per heavy atom. The highest BCUT2D eigenvalue weighted by atomic mass is 35.5. The maximum atomic E-state index is 5.72. The van der Waals surface area contributed by atoms with Gasteiger partial charge < -0.3 is 10.2 Å². The van der Waals surface area contributed by atoms with Gasteiger partial charge in [0.25, 0.3) is 0 Å². The molecule has 0 saturated heterocycles. The number of nitrogens with one attached hydrogen (secondary N) is 1. The van der Waals surface area contributed by atoms with E-state index in [2.05, 4.69) is 29.2 Å². The van der Waals surface area contributed by atoms with E-state index in [1.165, 1.54) is 0 Å². The summed E-state index contributed by atoms with van der Waals surface area (Å²) in [4.78, 5) is 6.38. The summed E-state index contributed by atoms with van der Waals surface area (Å²) in [6.45, 7) is 5.12. The molecule has 1 rings (SSSR count). The van der Waals surface area contributed by atoms with Crippen LogP contribution < -0.4 is 5.32 Å². The minimum Gasteiger partial charge on any atom is -0.369 e. The van der Waals surface area contributed by atoms with Crippen molar-refractivity contribution in [3.63, 3.8) is 0 Å². The molecule has 0 bridgehead atoms. The van der Waals surface area contributed by atoms with Gasteiger partial charge in [0.05, 0.1) is 5.02 Å². The number of pyridine rings is 1. The average Bonchev–Trinajstić information content (AvgIpc) is 2.21. The van der Waals surface area contributed by atoms with Gasteiger partial charge in [0.2, 0.25) is 0 Å². The second-order valence-electron chi connectivity index (χ2n) is 3.18. The number of halogens is 1. The molecule has 0 aliphatic heterocycles. The summed E-state index contributed by atoms with van der Waals surface area (Å²) < 4.78 is 0. The third-order valence-electron chi connectivity index (χ3n) is 2.07. The van der Waals surface area contributed by atoms with Gasteiger partial charge in [0.1, 0.15) is 5.82 Å². The summed E-state index contributed by atoms with van der Waals surface area (Å²) in [5.74, 6) is 0.874. The van der Waals surface area contributed by atoms with Crippen molar-refractivity contribution in [1.29, 1.82) is 0 Å². The van der Waals surface area contributed by atoms with Crippen molar-refractivity contribution in [3.05, 3.63) is 23.4 Å². The quantitative estimate of drug-likeness (QED) is 0.812. The second kappa shape index (κ2) is 5.83. The van der Waals surface area contributed by atoms with E-state index in [9.17, 15) is 0 Å². The molecular weight excluding hydrogens is 198 g/mol. The van der Waals surface area contributed by atoms with Gasteiger partial charge in [-0.25, -0.2) is 4.98 Å². The topological polar surface area (TPSA) is 28.2 Å². The summed E-state index contributed by atoms with van der Waals surface area (Å²) in [6, 6.07) is 3.72. The highest BCUT2D eigenvalue weighted by molar-refractivity contribution is 6.30. The average molecular weight is 214 g/mol. The Balaban J connectivity index is 2.28. The van der Waals surface area contributed by atoms with Crippen LogP contribution in [0.25, 0.3) is 0 Å². The lowest BCUT2D eigenvalue weighted by Gasteiger charge is -2.14. The van der Waals surface area contributed by atoms with Gasteiger partial charge >= 0.3 is 0 Å². The Bertz CT molecular complexity index is 261. The van der Waals surface area contributed by atoms with Gasteiger partial charge in [-0.05, 0) is 25.7 Å². The van der Waals surface area contributed by atoms with Crippen LogP contribution >= 0.6 is 11.6 Å². The Kier molecular flexibility index (Phi) is 4.70. The molecule has 0 amide bonds. The summed E-state index contributed by atoms with van der Waals surface area (Å²) >= 11 is 5.72. The molecular formula is C10H16ClN3. The van der Waals surface area contributed by atoms with Crippen molar-refractivity contribution in [2.75, 3.05) is 32.0 Å². The van der Waals surface area contributed by atoms with E-state index in [0.29, 0.717) is 5.02 Å². The van der Waals surface area contributed by atoms with E-state index < -0.39 is 0 Å². The normalized spacial score (nSPS) is 10.6. The Morgan fingerprint density at radius 2 is 2.29 bits per heavy atom. The van der Waals surface area contributed by atoms with Crippen LogP contribution in [0.4, 0.5) is 5.82 Å². The van der Waals surface area contributed by atoms with E-state index in [-0.39, 0.29) is 0 Å². The predicted molar refractivity (Wildman–Crippen MR) is 60.9 cm³/mol. The van der Waals surface area contributed by atoms with E-state index in [1.54, 1.807) is 6.20 Å². The van der Waals surface area contributed by atoms with Crippen LogP contribution in [0.2, 0.25) is 5.02 Å². The molecule has 0 saturated carbocycles. The van der Waals surface area contributed by atoms with Crippen LogP contribution in [0, 0.1) is 0 Å². The lowest BCUT2D eigenvalue weighted by molar-refractivity contribution is 0.367. The molecule has 0 aliphatic carbocycles. The van der Waals surface area contributed by atoms with Crippen molar-refractivity contribution >= 4 is 17.4 Å². The maximum Gasteiger partial charge on any atom is 0.126 e. The zero-order valence-corrected chi connectivity index (χ0v) is 9.38. The zero-order valence-electron chi connectivity index (χ0n) is 8.63. The molecule has 1 N–H and O–H groups in total. The van der Waals surface area contributed by atoms with Crippen LogP contribution in [-0.2, 0) is 0 Å². The van der Waals surface area contributed by atoms with Gasteiger partial charge in [0.15, 0.2) is 0 Å². The number of hydrogen-bond donors (Lipinski definition) is 1. The highest BCUT2D eigenvalue weighted by Crippen LogP contribution is 2.08. The number of rotatable bonds is 5. The Labute approximate surface area is 90.1 Å². The lowest BCUT2D eigenvalue weighted by Crippen LogP contribution is -2.24. The standard InChI is InChI=1S/C10H16ClN3/c1-3-14(2)7-6-12-10-5-4-9(11)8-13-10/h4-5,8H,3,6-7H2,1-2H3,(H,12,13). The van der Waals surface area contributed by atoms with Crippen molar-refractivity contribution in [2.45, 2.75) is 6.92 Å². The number of likely N-dealkylation sites (N-methyl/N-ethyl adjacent to an activating group) is 1. The Hall–Kier alpha value is -0.800. The van der Waals surface area contributed by atoms with E-state index in [1.807, 2.05) is 12.1 Å². The first-order valence-electron chi connectivity index (χ1n) is 4.76. The molecule has 1 aromatic heterocycles. The molecule has 0 fully saturated rings. The molecule has 0 radical (unpaired) electrons. The minimum atomic E-state index is 0.668.